The minimum atomic E-state index is -0.526. The number of rotatable bonds is 3. The number of fused-ring (bicyclic) bond motifs is 3. The third kappa shape index (κ3) is 3.00. The maximum Gasteiger partial charge on any atom is 0.214 e. The van der Waals surface area contributed by atoms with Crippen molar-refractivity contribution in [3.8, 4) is 23.0 Å². The Morgan fingerprint density at radius 1 is 1.07 bits per heavy atom. The molecule has 0 spiro atoms. The van der Waals surface area contributed by atoms with E-state index in [9.17, 15) is 10.2 Å². The molecule has 3 aromatic rings. The Hall–Kier alpha value is -3.38. The molecule has 2 atom stereocenters. The van der Waals surface area contributed by atoms with Crippen LogP contribution in [0.1, 0.15) is 35.4 Å². The highest BCUT2D eigenvalue weighted by Crippen LogP contribution is 2.49. The number of methoxy groups -OCH3 is 1. The number of phenols is 2. The van der Waals surface area contributed by atoms with Crippen molar-refractivity contribution in [3.05, 3.63) is 82.4 Å². The number of benzene rings is 3. The summed E-state index contributed by atoms with van der Waals surface area (Å²) in [5.74, 6) is 1.33. The van der Waals surface area contributed by atoms with Gasteiger partial charge < -0.3 is 19.7 Å². The van der Waals surface area contributed by atoms with Gasteiger partial charge >= 0.3 is 0 Å². The first-order chi connectivity index (χ1) is 14.5. The molecule has 2 aliphatic heterocycles. The van der Waals surface area contributed by atoms with Crippen LogP contribution in [0.3, 0.4) is 0 Å². The number of para-hydroxylation sites is 1. The van der Waals surface area contributed by atoms with Gasteiger partial charge in [0.15, 0.2) is 11.5 Å². The first-order valence-electron chi connectivity index (χ1n) is 9.52. The highest BCUT2D eigenvalue weighted by Gasteiger charge is 2.41. The molecule has 0 aliphatic carbocycles. The van der Waals surface area contributed by atoms with Gasteiger partial charge in [-0.25, -0.2) is 5.01 Å². The second-order valence-corrected chi connectivity index (χ2v) is 7.68. The van der Waals surface area contributed by atoms with Crippen molar-refractivity contribution >= 4 is 17.3 Å². The van der Waals surface area contributed by atoms with Gasteiger partial charge in [-0.2, -0.15) is 5.10 Å². The zero-order chi connectivity index (χ0) is 20.8. The van der Waals surface area contributed by atoms with Crippen molar-refractivity contribution in [2.24, 2.45) is 5.10 Å². The van der Waals surface area contributed by atoms with E-state index in [4.69, 9.17) is 26.2 Å². The minimum Gasteiger partial charge on any atom is -0.507 e. The molecule has 7 heteroatoms. The van der Waals surface area contributed by atoms with Crippen LogP contribution in [-0.4, -0.2) is 28.0 Å². The number of halogens is 1. The fourth-order valence-electron chi connectivity index (χ4n) is 4.01. The van der Waals surface area contributed by atoms with Gasteiger partial charge in [0.05, 0.1) is 18.9 Å². The molecule has 0 saturated heterocycles. The Balaban J connectivity index is 1.63. The zero-order valence-corrected chi connectivity index (χ0v) is 16.9. The largest absolute Gasteiger partial charge is 0.507 e. The lowest BCUT2D eigenvalue weighted by Crippen LogP contribution is -2.33. The van der Waals surface area contributed by atoms with E-state index in [1.165, 1.54) is 7.11 Å². The Kier molecular flexibility index (Phi) is 4.44. The van der Waals surface area contributed by atoms with E-state index in [0.717, 1.165) is 22.6 Å². The van der Waals surface area contributed by atoms with Crippen LogP contribution in [0.15, 0.2) is 65.8 Å². The number of hydrogen-bond acceptors (Lipinski definition) is 6. The number of hydrazone groups is 1. The maximum absolute atomic E-state index is 10.3. The van der Waals surface area contributed by atoms with Crippen molar-refractivity contribution in [2.45, 2.75) is 18.7 Å². The first-order valence-corrected chi connectivity index (χ1v) is 9.90. The highest BCUT2D eigenvalue weighted by molar-refractivity contribution is 6.30. The van der Waals surface area contributed by atoms with Crippen LogP contribution in [0.25, 0.3) is 0 Å². The second-order valence-electron chi connectivity index (χ2n) is 7.25. The van der Waals surface area contributed by atoms with E-state index >= 15 is 0 Å². The van der Waals surface area contributed by atoms with Gasteiger partial charge in [-0.1, -0.05) is 23.7 Å². The summed E-state index contributed by atoms with van der Waals surface area (Å²) in [5, 5.41) is 27.6. The molecule has 6 nitrogen and oxygen atoms in total. The molecule has 0 aromatic heterocycles. The Morgan fingerprint density at radius 3 is 2.70 bits per heavy atom. The smallest absolute Gasteiger partial charge is 0.214 e. The summed E-state index contributed by atoms with van der Waals surface area (Å²) in [6.07, 6.45) is 0.0709. The third-order valence-electron chi connectivity index (χ3n) is 5.46. The summed E-state index contributed by atoms with van der Waals surface area (Å²) < 4.78 is 11.6. The molecule has 0 fully saturated rings. The molecule has 2 aliphatic rings. The molecule has 0 bridgehead atoms. The van der Waals surface area contributed by atoms with Crippen molar-refractivity contribution in [1.82, 2.24) is 5.01 Å². The number of phenolic OH excluding ortho intramolecular Hbond substituents is 2. The zero-order valence-electron chi connectivity index (χ0n) is 16.1. The molecule has 2 N–H and O–H groups in total. The molecule has 2 heterocycles. The van der Waals surface area contributed by atoms with Crippen LogP contribution in [0, 0.1) is 0 Å². The normalized spacial score (nSPS) is 19.5. The fourth-order valence-corrected chi connectivity index (χ4v) is 4.19. The number of ether oxygens (including phenoxy) is 2. The Morgan fingerprint density at radius 2 is 1.90 bits per heavy atom. The molecule has 3 aromatic carbocycles. The second kappa shape index (κ2) is 7.15. The van der Waals surface area contributed by atoms with Crippen LogP contribution >= 0.6 is 11.6 Å². The lowest BCUT2D eigenvalue weighted by molar-refractivity contribution is -0.0191. The summed E-state index contributed by atoms with van der Waals surface area (Å²) >= 11 is 6.26. The van der Waals surface area contributed by atoms with Crippen molar-refractivity contribution in [3.63, 3.8) is 0 Å². The summed E-state index contributed by atoms with van der Waals surface area (Å²) in [6.45, 7) is 0. The number of aromatic hydroxyl groups is 2. The summed E-state index contributed by atoms with van der Waals surface area (Å²) in [4.78, 5) is 0. The van der Waals surface area contributed by atoms with E-state index < -0.39 is 6.23 Å². The van der Waals surface area contributed by atoms with Gasteiger partial charge in [0.1, 0.15) is 11.5 Å². The predicted octanol–water partition coefficient (Wildman–Crippen LogP) is 5.00. The topological polar surface area (TPSA) is 74.5 Å². The number of hydrogen-bond donors (Lipinski definition) is 2. The average molecular weight is 423 g/mol. The molecule has 5 rings (SSSR count). The Bertz CT molecular complexity index is 1160. The fraction of sp³-hybridized carbons (Fsp3) is 0.174. The predicted molar refractivity (Wildman–Crippen MR) is 113 cm³/mol. The van der Waals surface area contributed by atoms with Crippen molar-refractivity contribution < 1.29 is 19.7 Å². The van der Waals surface area contributed by atoms with Gasteiger partial charge in [0.25, 0.3) is 0 Å². The van der Waals surface area contributed by atoms with Gasteiger partial charge in [-0.05, 0) is 48.5 Å². The number of nitrogens with zero attached hydrogens (tertiary/aromatic N) is 2. The average Bonchev–Trinajstić information content (AvgIpc) is 3.19. The molecule has 0 radical (unpaired) electrons. The van der Waals surface area contributed by atoms with Crippen LogP contribution in [-0.2, 0) is 0 Å². The van der Waals surface area contributed by atoms with E-state index in [0.29, 0.717) is 22.8 Å². The van der Waals surface area contributed by atoms with E-state index in [1.807, 2.05) is 29.3 Å². The first kappa shape index (κ1) is 18.6. The van der Waals surface area contributed by atoms with Gasteiger partial charge in [-0.3, -0.25) is 0 Å². The Labute approximate surface area is 178 Å². The molecule has 30 heavy (non-hydrogen) atoms. The van der Waals surface area contributed by atoms with E-state index in [1.54, 1.807) is 36.4 Å². The van der Waals surface area contributed by atoms with Crippen molar-refractivity contribution in [1.29, 1.82) is 0 Å². The van der Waals surface area contributed by atoms with E-state index in [-0.39, 0.29) is 17.5 Å². The SMILES string of the molecule is COc1cc([C@H]2Oc3ccc(Cl)cc3[C@H]3CC(c4ccccc4O)=NN32)ccc1O. The minimum absolute atomic E-state index is 0.0561. The standard InChI is InChI=1S/C23H19ClN2O4/c1-29-22-10-13(6-8-20(22)28)23-26-18(16-11-14(24)7-9-21(16)30-23)12-17(25-26)15-4-2-3-5-19(15)27/h2-11,18,23,27-28H,12H2,1H3/t18-,23-/m1/s1. The monoisotopic (exact) mass is 422 g/mol. The summed E-state index contributed by atoms with van der Waals surface area (Å²) in [7, 11) is 1.50. The van der Waals surface area contributed by atoms with Gasteiger partial charge in [0, 0.05) is 28.1 Å². The summed E-state index contributed by atoms with van der Waals surface area (Å²) in [5.41, 5.74) is 3.19. The molecule has 0 amide bonds. The molecule has 0 unspecified atom stereocenters. The lowest BCUT2D eigenvalue weighted by Gasteiger charge is -2.38. The van der Waals surface area contributed by atoms with Crippen LogP contribution in [0.5, 0.6) is 23.0 Å². The highest BCUT2D eigenvalue weighted by atomic mass is 35.5. The molecule has 0 saturated carbocycles. The van der Waals surface area contributed by atoms with Gasteiger partial charge in [-0.15, -0.1) is 0 Å². The van der Waals surface area contributed by atoms with E-state index in [2.05, 4.69) is 0 Å². The lowest BCUT2D eigenvalue weighted by atomic mass is 9.95. The van der Waals surface area contributed by atoms with Crippen LogP contribution in [0.4, 0.5) is 0 Å². The van der Waals surface area contributed by atoms with Gasteiger partial charge in [0.2, 0.25) is 6.23 Å². The third-order valence-corrected chi connectivity index (χ3v) is 5.69. The molecule has 152 valence electrons. The quantitative estimate of drug-likeness (QED) is 0.621. The maximum atomic E-state index is 10.3. The van der Waals surface area contributed by atoms with Crippen LogP contribution < -0.4 is 9.47 Å². The summed E-state index contributed by atoms with van der Waals surface area (Å²) in [6, 6.07) is 17.7. The van der Waals surface area contributed by atoms with Crippen LogP contribution in [0.2, 0.25) is 5.02 Å². The molecular formula is C23H19ClN2O4. The molecular weight excluding hydrogens is 404 g/mol. The van der Waals surface area contributed by atoms with Crippen molar-refractivity contribution in [2.75, 3.05) is 7.11 Å².